The molecule has 2 fully saturated rings. The van der Waals surface area contributed by atoms with E-state index in [9.17, 15) is 19.2 Å². The number of benzene rings is 2. The smallest absolute Gasteiger partial charge is 0.408 e. The first kappa shape index (κ1) is 32.3. The van der Waals surface area contributed by atoms with Crippen molar-refractivity contribution in [3.05, 3.63) is 59.2 Å². The number of hydrogen-bond acceptors (Lipinski definition) is 8. The average molecular weight is 620 g/mol. The molecule has 0 saturated carbocycles. The van der Waals surface area contributed by atoms with Gasteiger partial charge in [-0.1, -0.05) is 12.1 Å². The highest BCUT2D eigenvalue weighted by molar-refractivity contribution is 6.05. The number of fused-ring (bicyclic) bond motifs is 1. The lowest BCUT2D eigenvalue weighted by Crippen LogP contribution is -2.52. The molecule has 4 amide bonds. The molecule has 2 aromatic rings. The fourth-order valence-electron chi connectivity index (χ4n) is 6.04. The molecule has 0 aromatic heterocycles. The maximum atomic E-state index is 13.0. The summed E-state index contributed by atoms with van der Waals surface area (Å²) in [6, 6.07) is 13.0. The molecule has 0 spiro atoms. The maximum absolute atomic E-state index is 13.0. The van der Waals surface area contributed by atoms with Crippen molar-refractivity contribution in [2.45, 2.75) is 77.6 Å². The third-order valence-corrected chi connectivity index (χ3v) is 8.50. The quantitative estimate of drug-likeness (QED) is 0.302. The van der Waals surface area contributed by atoms with E-state index < -0.39 is 17.7 Å². The molecular weight excluding hydrogens is 574 g/mol. The first-order valence-corrected chi connectivity index (χ1v) is 15.9. The molecule has 45 heavy (non-hydrogen) atoms. The molecule has 3 aliphatic heterocycles. The van der Waals surface area contributed by atoms with E-state index in [1.54, 1.807) is 4.90 Å². The number of nitrogens with one attached hydrogen (secondary N) is 2. The molecule has 3 aliphatic rings. The van der Waals surface area contributed by atoms with Gasteiger partial charge < -0.3 is 24.6 Å². The molecule has 0 bridgehead atoms. The maximum Gasteiger partial charge on any atom is 0.408 e. The lowest BCUT2D eigenvalue weighted by atomic mass is 10.0. The Balaban J connectivity index is 0.996. The Morgan fingerprint density at radius 1 is 1.02 bits per heavy atom. The van der Waals surface area contributed by atoms with E-state index in [-0.39, 0.29) is 30.2 Å². The number of piperidine rings is 1. The predicted molar refractivity (Wildman–Crippen MR) is 170 cm³/mol. The van der Waals surface area contributed by atoms with Crippen LogP contribution in [-0.2, 0) is 20.9 Å². The van der Waals surface area contributed by atoms with Crippen LogP contribution in [0.3, 0.4) is 0 Å². The Labute approximate surface area is 265 Å². The van der Waals surface area contributed by atoms with Crippen LogP contribution in [0.5, 0.6) is 5.75 Å². The molecule has 2 saturated heterocycles. The molecule has 2 atom stereocenters. The van der Waals surface area contributed by atoms with Gasteiger partial charge >= 0.3 is 6.09 Å². The second-order valence-corrected chi connectivity index (χ2v) is 13.1. The van der Waals surface area contributed by atoms with Gasteiger partial charge in [0.15, 0.2) is 0 Å². The third kappa shape index (κ3) is 8.33. The Bertz CT molecular complexity index is 1400. The zero-order valence-electron chi connectivity index (χ0n) is 26.8. The van der Waals surface area contributed by atoms with E-state index in [4.69, 9.17) is 9.47 Å². The zero-order chi connectivity index (χ0) is 32.1. The van der Waals surface area contributed by atoms with Crippen LogP contribution in [-0.4, -0.2) is 84.6 Å². The number of rotatable bonds is 10. The fraction of sp³-hybridized carbons (Fsp3) is 0.529. The van der Waals surface area contributed by atoms with Crippen molar-refractivity contribution < 1.29 is 28.7 Å². The number of nitrogens with zero attached hydrogens (tertiary/aromatic N) is 3. The molecule has 5 rings (SSSR count). The van der Waals surface area contributed by atoms with Gasteiger partial charge in [0.25, 0.3) is 5.91 Å². The van der Waals surface area contributed by atoms with Gasteiger partial charge in [0, 0.05) is 50.4 Å². The highest BCUT2D eigenvalue weighted by Crippen LogP contribution is 2.31. The van der Waals surface area contributed by atoms with Gasteiger partial charge in [-0.3, -0.25) is 24.6 Å². The zero-order valence-corrected chi connectivity index (χ0v) is 26.8. The van der Waals surface area contributed by atoms with Gasteiger partial charge in [0.1, 0.15) is 17.4 Å². The second-order valence-electron chi connectivity index (χ2n) is 13.1. The van der Waals surface area contributed by atoms with E-state index >= 15 is 0 Å². The Kier molecular flexibility index (Phi) is 9.96. The summed E-state index contributed by atoms with van der Waals surface area (Å²) in [7, 11) is 0. The van der Waals surface area contributed by atoms with Crippen LogP contribution in [0.2, 0.25) is 0 Å². The van der Waals surface area contributed by atoms with Crippen molar-refractivity contribution in [2.24, 2.45) is 0 Å². The van der Waals surface area contributed by atoms with Gasteiger partial charge in [-0.15, -0.1) is 0 Å². The van der Waals surface area contributed by atoms with E-state index in [2.05, 4.69) is 26.5 Å². The minimum atomic E-state index is -0.593. The van der Waals surface area contributed by atoms with Gasteiger partial charge in [-0.25, -0.2) is 4.79 Å². The minimum absolute atomic E-state index is 0.140. The van der Waals surface area contributed by atoms with E-state index in [1.165, 1.54) is 0 Å². The number of amides is 4. The highest BCUT2D eigenvalue weighted by atomic mass is 16.6. The first-order valence-electron chi connectivity index (χ1n) is 15.9. The summed E-state index contributed by atoms with van der Waals surface area (Å²) in [4.78, 5) is 55.3. The van der Waals surface area contributed by atoms with Crippen LogP contribution in [0.25, 0.3) is 0 Å². The Morgan fingerprint density at radius 3 is 2.44 bits per heavy atom. The fourth-order valence-corrected chi connectivity index (χ4v) is 6.04. The van der Waals surface area contributed by atoms with E-state index in [1.807, 2.05) is 64.1 Å². The lowest BCUT2D eigenvalue weighted by Gasteiger charge is -2.36. The molecule has 0 aliphatic carbocycles. The van der Waals surface area contributed by atoms with Crippen LogP contribution >= 0.6 is 0 Å². The van der Waals surface area contributed by atoms with E-state index in [0.717, 1.165) is 68.1 Å². The van der Waals surface area contributed by atoms with Gasteiger partial charge in [-0.2, -0.15) is 0 Å². The SMILES string of the molecule is C[C@@H](NC(=O)OC(C)(C)C)c1ccc(OCCCCN2CCN(c3ccc4c(c3)CN(C3CCC(=O)NC3=O)C4=O)CC2)cc1. The second kappa shape index (κ2) is 13.9. The first-order chi connectivity index (χ1) is 21.5. The van der Waals surface area contributed by atoms with E-state index in [0.29, 0.717) is 25.1 Å². The number of anilines is 1. The number of piperazine rings is 1. The topological polar surface area (TPSA) is 121 Å². The molecule has 0 radical (unpaired) electrons. The number of ether oxygens (including phenoxy) is 2. The molecule has 1 unspecified atom stereocenters. The summed E-state index contributed by atoms with van der Waals surface area (Å²) < 4.78 is 11.3. The predicted octanol–water partition coefficient (Wildman–Crippen LogP) is 4.01. The minimum Gasteiger partial charge on any atom is -0.494 e. The van der Waals surface area contributed by atoms with Gasteiger partial charge in [0.2, 0.25) is 11.8 Å². The standard InChI is InChI=1S/C34H45N5O6/c1-23(35-33(43)45-34(2,3)4)24-7-10-27(11-8-24)44-20-6-5-15-37-16-18-38(19-17-37)26-9-12-28-25(21-26)22-39(32(28)42)29-13-14-30(40)36-31(29)41/h7-12,21,23,29H,5-6,13-20,22H2,1-4H3,(H,35,43)(H,36,40,41)/t23-,29?/m1/s1. The number of carbonyl (C=O) groups is 4. The van der Waals surface area contributed by atoms with Gasteiger partial charge in [-0.05, 0) is 95.0 Å². The largest absolute Gasteiger partial charge is 0.494 e. The van der Waals surface area contributed by atoms with Crippen LogP contribution in [0, 0.1) is 0 Å². The van der Waals surface area contributed by atoms with Crippen molar-refractivity contribution in [1.29, 1.82) is 0 Å². The monoisotopic (exact) mass is 619 g/mol. The van der Waals surface area contributed by atoms with Crippen molar-refractivity contribution >= 4 is 29.5 Å². The summed E-state index contributed by atoms with van der Waals surface area (Å²) in [6.45, 7) is 13.3. The Morgan fingerprint density at radius 2 is 1.76 bits per heavy atom. The Hall–Kier alpha value is -4.12. The molecule has 242 valence electrons. The summed E-state index contributed by atoms with van der Waals surface area (Å²) in [6.07, 6.45) is 2.20. The van der Waals surface area contributed by atoms with Crippen molar-refractivity contribution in [1.82, 2.24) is 20.4 Å². The van der Waals surface area contributed by atoms with Crippen LogP contribution < -0.4 is 20.3 Å². The highest BCUT2D eigenvalue weighted by Gasteiger charge is 2.39. The van der Waals surface area contributed by atoms with Crippen LogP contribution in [0.15, 0.2) is 42.5 Å². The molecule has 2 aromatic carbocycles. The summed E-state index contributed by atoms with van der Waals surface area (Å²) >= 11 is 0. The number of alkyl carbamates (subject to hydrolysis) is 1. The average Bonchev–Trinajstić information content (AvgIpc) is 3.31. The van der Waals surface area contributed by atoms with Crippen molar-refractivity contribution in [3.63, 3.8) is 0 Å². The summed E-state index contributed by atoms with van der Waals surface area (Å²) in [5, 5.41) is 5.22. The van der Waals surface area contributed by atoms with Crippen LogP contribution in [0.1, 0.15) is 80.9 Å². The molecular formula is C34H45N5O6. The summed E-state index contributed by atoms with van der Waals surface area (Å²) in [5.41, 5.74) is 3.13. The molecule has 3 heterocycles. The number of imide groups is 1. The van der Waals surface area contributed by atoms with Crippen molar-refractivity contribution in [2.75, 3.05) is 44.2 Å². The van der Waals surface area contributed by atoms with Crippen LogP contribution in [0.4, 0.5) is 10.5 Å². The molecule has 11 heteroatoms. The van der Waals surface area contributed by atoms with Gasteiger partial charge in [0.05, 0.1) is 12.6 Å². The number of unbranched alkanes of at least 4 members (excludes halogenated alkanes) is 1. The normalized spacial score (nSPS) is 19.6. The summed E-state index contributed by atoms with van der Waals surface area (Å²) in [5.74, 6) is 0.0109. The molecule has 2 N–H and O–H groups in total. The lowest BCUT2D eigenvalue weighted by molar-refractivity contribution is -0.136. The van der Waals surface area contributed by atoms with Crippen molar-refractivity contribution in [3.8, 4) is 5.75 Å². The third-order valence-electron chi connectivity index (χ3n) is 8.50. The molecule has 11 nitrogen and oxygen atoms in total. The number of hydrogen-bond donors (Lipinski definition) is 2. The number of carbonyl (C=O) groups excluding carboxylic acids is 4.